The second kappa shape index (κ2) is 24.2. The third-order valence-electron chi connectivity index (χ3n) is 16.4. The van der Waals surface area contributed by atoms with Gasteiger partial charge in [0.25, 0.3) is 0 Å². The third kappa shape index (κ3) is 11.7. The van der Waals surface area contributed by atoms with Crippen LogP contribution >= 0.6 is 0 Å². The molecule has 0 bridgehead atoms. The van der Waals surface area contributed by atoms with Crippen molar-refractivity contribution in [2.45, 2.75) is 91.1 Å². The van der Waals surface area contributed by atoms with Crippen LogP contribution in [0, 0.1) is 13.8 Å². The van der Waals surface area contributed by atoms with Crippen LogP contribution in [0.2, 0.25) is 0 Å². The van der Waals surface area contributed by atoms with E-state index in [0.29, 0.717) is 44.9 Å². The minimum absolute atomic E-state index is 0.0125. The van der Waals surface area contributed by atoms with Crippen LogP contribution in [0.4, 0.5) is 23.0 Å². The van der Waals surface area contributed by atoms with E-state index in [-0.39, 0.29) is 5.91 Å². The zero-order valence-corrected chi connectivity index (χ0v) is 45.0. The lowest BCUT2D eigenvalue weighted by Gasteiger charge is -2.38. The normalized spacial score (nSPS) is 18.6. The minimum Gasteiger partial charge on any atom is -0.463 e. The highest BCUT2D eigenvalue weighted by molar-refractivity contribution is 5.94. The van der Waals surface area contributed by atoms with E-state index in [1.807, 2.05) is 17.3 Å². The van der Waals surface area contributed by atoms with Gasteiger partial charge in [-0.15, -0.1) is 0 Å². The number of nitrogens with zero attached hydrogens (tertiary/aromatic N) is 13. The van der Waals surface area contributed by atoms with Crippen LogP contribution in [0.5, 0.6) is 12.0 Å². The smallest absolute Gasteiger partial charge is 0.318 e. The summed E-state index contributed by atoms with van der Waals surface area (Å²) in [5.74, 6) is 2.02. The molecule has 6 aliphatic heterocycles. The number of fused-ring (bicyclic) bond motifs is 4. The van der Waals surface area contributed by atoms with E-state index in [1.165, 1.54) is 110 Å². The average Bonchev–Trinajstić information content (AvgIpc) is 4.21. The van der Waals surface area contributed by atoms with Gasteiger partial charge in [0, 0.05) is 100 Å². The number of carbonyl (C=O) groups is 1. The van der Waals surface area contributed by atoms with Crippen molar-refractivity contribution in [1.29, 1.82) is 0 Å². The molecule has 6 aromatic rings. The maximum Gasteiger partial charge on any atom is 0.318 e. The summed E-state index contributed by atoms with van der Waals surface area (Å²) in [5, 5.41) is 20.6. The molecular formula is C57H78N16O3. The number of anilines is 4. The lowest BCUT2D eigenvalue weighted by Crippen LogP contribution is -2.49. The number of amides is 1. The van der Waals surface area contributed by atoms with Crippen LogP contribution < -0.4 is 34.4 Å². The molecule has 19 nitrogen and oxygen atoms in total. The molecule has 0 spiro atoms. The number of ether oxygens (including phenoxy) is 2. The van der Waals surface area contributed by atoms with Gasteiger partial charge in [-0.3, -0.25) is 15.0 Å². The Labute approximate surface area is 447 Å². The molecule has 1 amide bonds. The number of hydrogen-bond acceptors (Lipinski definition) is 16. The molecule has 4 saturated heterocycles. The molecule has 0 aliphatic carbocycles. The lowest BCUT2D eigenvalue weighted by atomic mass is 10.0. The number of benzene rings is 2. The summed E-state index contributed by atoms with van der Waals surface area (Å²) < 4.78 is 12.4. The van der Waals surface area contributed by atoms with Crippen molar-refractivity contribution in [3.63, 3.8) is 0 Å². The first-order chi connectivity index (χ1) is 37.4. The second-order valence-corrected chi connectivity index (χ2v) is 21.4. The highest BCUT2D eigenvalue weighted by Gasteiger charge is 2.31. The number of H-pyrrole nitrogens is 2. The Hall–Kier alpha value is -6.57. The predicted octanol–water partition coefficient (Wildman–Crippen LogP) is 6.20. The molecular weight excluding hydrogens is 957 g/mol. The van der Waals surface area contributed by atoms with Crippen molar-refractivity contribution in [2.24, 2.45) is 0 Å². The molecule has 3 N–H and O–H groups in total. The quantitative estimate of drug-likeness (QED) is 0.0781. The zero-order valence-electron chi connectivity index (χ0n) is 45.0. The predicted molar refractivity (Wildman–Crippen MR) is 300 cm³/mol. The first kappa shape index (κ1) is 51.5. The van der Waals surface area contributed by atoms with Crippen molar-refractivity contribution < 1.29 is 14.3 Å². The van der Waals surface area contributed by atoms with E-state index in [2.05, 4.69) is 99.8 Å². The first-order valence-electron chi connectivity index (χ1n) is 28.3. The van der Waals surface area contributed by atoms with Gasteiger partial charge in [0.2, 0.25) is 5.91 Å². The van der Waals surface area contributed by atoms with Gasteiger partial charge < -0.3 is 49.1 Å². The van der Waals surface area contributed by atoms with Gasteiger partial charge in [0.05, 0.1) is 72.5 Å². The highest BCUT2D eigenvalue weighted by atomic mass is 16.5. The number of rotatable bonds is 15. The number of aromatic nitrogens is 8. The van der Waals surface area contributed by atoms with Gasteiger partial charge in [-0.25, -0.2) is 0 Å². The SMILES string of the molecule is C=CC(=O)N1CCN(c2nc(OCCCN3CCCCC3)nc3c2CCN(c2c(C)ccc4[nH]ncc24)C3)CC1.Cc1ccc2[nH]ncc2c1N1CCc2c(nc(OCCCN3CCCCC3)nc2N2CCNCC2)C1. The molecule has 19 heteroatoms. The Morgan fingerprint density at radius 2 is 1.05 bits per heavy atom. The molecule has 10 heterocycles. The van der Waals surface area contributed by atoms with Gasteiger partial charge >= 0.3 is 12.0 Å². The standard InChI is InChI=1S/C30H40N8O2.C27H38N8O/c1-3-27(39)36-15-17-37(18-16-36)29-23-10-14-38(28-22(2)8-9-25-24(28)20-31-34-25)21-26(23)32-30(33-29)40-19-7-13-35-11-5-4-6-12-35;1-20-6-7-23-22(18-29-32-23)25(20)35-14-8-21-24(19-35)30-27(31-26(21)34-15-9-28-10-16-34)36-17-5-13-33-11-3-2-4-12-33/h3,8-9,20H,1,4-7,10-19,21H2,2H3,(H,31,34);6-7,18,28H,2-5,8-17,19H2,1H3,(H,29,32). The molecule has 0 radical (unpaired) electrons. The Balaban J connectivity index is 0.000000163. The monoisotopic (exact) mass is 1030 g/mol. The number of hydrogen-bond donors (Lipinski definition) is 3. The summed E-state index contributed by atoms with van der Waals surface area (Å²) >= 11 is 0. The van der Waals surface area contributed by atoms with E-state index in [0.717, 1.165) is 137 Å². The topological polar surface area (TPSA) is 179 Å². The summed E-state index contributed by atoms with van der Waals surface area (Å²) in [6.45, 7) is 26.2. The summed E-state index contributed by atoms with van der Waals surface area (Å²) in [6.07, 6.45) is 17.0. The molecule has 0 unspecified atom stereocenters. The maximum absolute atomic E-state index is 12.2. The van der Waals surface area contributed by atoms with Crippen LogP contribution in [-0.2, 0) is 30.7 Å². The van der Waals surface area contributed by atoms with Crippen LogP contribution in [0.3, 0.4) is 0 Å². The Morgan fingerprint density at radius 3 is 1.53 bits per heavy atom. The average molecular weight is 1040 g/mol. The van der Waals surface area contributed by atoms with Gasteiger partial charge in [-0.2, -0.15) is 30.1 Å². The summed E-state index contributed by atoms with van der Waals surface area (Å²) in [6, 6.07) is 9.51. The molecule has 4 fully saturated rings. The molecule has 0 saturated carbocycles. The number of piperazine rings is 2. The Kier molecular flexibility index (Phi) is 16.4. The Morgan fingerprint density at radius 1 is 0.579 bits per heavy atom. The van der Waals surface area contributed by atoms with Gasteiger partial charge in [-0.05, 0) is 121 Å². The van der Waals surface area contributed by atoms with Crippen LogP contribution in [0.25, 0.3) is 21.8 Å². The van der Waals surface area contributed by atoms with Crippen LogP contribution in [0.15, 0.2) is 49.3 Å². The Bertz CT molecular complexity index is 2930. The van der Waals surface area contributed by atoms with E-state index in [4.69, 9.17) is 29.4 Å². The first-order valence-corrected chi connectivity index (χ1v) is 28.3. The van der Waals surface area contributed by atoms with E-state index in [9.17, 15) is 4.79 Å². The van der Waals surface area contributed by atoms with Crippen molar-refractivity contribution >= 4 is 50.7 Å². The number of nitrogens with one attached hydrogen (secondary N) is 3. The van der Waals surface area contributed by atoms with Gasteiger partial charge in [0.1, 0.15) is 11.6 Å². The van der Waals surface area contributed by atoms with E-state index < -0.39 is 0 Å². The maximum atomic E-state index is 12.2. The van der Waals surface area contributed by atoms with Crippen molar-refractivity contribution in [3.05, 3.63) is 83.0 Å². The lowest BCUT2D eigenvalue weighted by molar-refractivity contribution is -0.126. The molecule has 4 aromatic heterocycles. The number of likely N-dealkylation sites (tertiary alicyclic amines) is 2. The highest BCUT2D eigenvalue weighted by Crippen LogP contribution is 2.38. The number of carbonyl (C=O) groups excluding carboxylic acids is 1. The largest absolute Gasteiger partial charge is 0.463 e. The fraction of sp³-hybridized carbons (Fsp3) is 0.561. The third-order valence-corrected chi connectivity index (χ3v) is 16.4. The molecule has 0 atom stereocenters. The molecule has 12 rings (SSSR count). The zero-order chi connectivity index (χ0) is 51.8. The molecule has 2 aromatic carbocycles. The van der Waals surface area contributed by atoms with Crippen LogP contribution in [0.1, 0.15) is 85.0 Å². The molecule has 76 heavy (non-hydrogen) atoms. The summed E-state index contributed by atoms with van der Waals surface area (Å²) in [4.78, 5) is 48.5. The summed E-state index contributed by atoms with van der Waals surface area (Å²) in [5.41, 5.74) is 11.6. The van der Waals surface area contributed by atoms with E-state index >= 15 is 0 Å². The summed E-state index contributed by atoms with van der Waals surface area (Å²) in [7, 11) is 0. The van der Waals surface area contributed by atoms with Crippen molar-refractivity contribution in [2.75, 3.05) is 138 Å². The second-order valence-electron chi connectivity index (χ2n) is 21.4. The number of aromatic amines is 2. The number of piperidine rings is 2. The van der Waals surface area contributed by atoms with Gasteiger partial charge in [0.15, 0.2) is 0 Å². The fourth-order valence-corrected chi connectivity index (χ4v) is 12.3. The van der Waals surface area contributed by atoms with Crippen molar-refractivity contribution in [1.82, 2.24) is 60.3 Å². The molecule has 404 valence electrons. The van der Waals surface area contributed by atoms with E-state index in [1.54, 1.807) is 0 Å². The molecule has 6 aliphatic rings. The van der Waals surface area contributed by atoms with Crippen molar-refractivity contribution in [3.8, 4) is 12.0 Å². The van der Waals surface area contributed by atoms with Gasteiger partial charge in [-0.1, -0.05) is 31.6 Å². The fourth-order valence-electron chi connectivity index (χ4n) is 12.3. The van der Waals surface area contributed by atoms with Crippen LogP contribution in [-0.4, -0.2) is 179 Å². The number of aryl methyl sites for hydroxylation is 2. The minimum atomic E-state index is -0.0125.